The predicted molar refractivity (Wildman–Crippen MR) is 126 cm³/mol. The molecule has 5 atom stereocenters. The molecule has 1 N–H and O–H groups in total. The highest BCUT2D eigenvalue weighted by molar-refractivity contribution is 6.18. The summed E-state index contributed by atoms with van der Waals surface area (Å²) in [6.07, 6.45) is 4.53. The number of phenols is 1. The average Bonchev–Trinajstić information content (AvgIpc) is 3.05. The quantitative estimate of drug-likeness (QED) is 0.633. The first-order chi connectivity index (χ1) is 15.8. The molecule has 0 aromatic heterocycles. The predicted octanol–water partition coefficient (Wildman–Crippen LogP) is 4.81. The number of ketones is 2. The third-order valence-corrected chi connectivity index (χ3v) is 9.08. The van der Waals surface area contributed by atoms with Gasteiger partial charge in [0.05, 0.1) is 5.60 Å². The molecular formula is C28H32O6. The maximum Gasteiger partial charge on any atom is 0.200 e. The van der Waals surface area contributed by atoms with Crippen LogP contribution >= 0.6 is 0 Å². The molecule has 1 aromatic rings. The lowest BCUT2D eigenvalue weighted by Gasteiger charge is -2.56. The number of benzene rings is 1. The lowest BCUT2D eigenvalue weighted by atomic mass is 9.51. The third kappa shape index (κ3) is 2.22. The fourth-order valence-corrected chi connectivity index (χ4v) is 7.16. The van der Waals surface area contributed by atoms with Crippen molar-refractivity contribution in [2.24, 2.45) is 11.8 Å². The largest absolute Gasteiger partial charge is 0.507 e. The monoisotopic (exact) mass is 464 g/mol. The van der Waals surface area contributed by atoms with E-state index in [-0.39, 0.29) is 34.9 Å². The van der Waals surface area contributed by atoms with E-state index in [4.69, 9.17) is 14.2 Å². The Labute approximate surface area is 200 Å². The van der Waals surface area contributed by atoms with Gasteiger partial charge >= 0.3 is 0 Å². The number of hydrogen-bond acceptors (Lipinski definition) is 6. The van der Waals surface area contributed by atoms with E-state index in [2.05, 4.69) is 13.8 Å². The summed E-state index contributed by atoms with van der Waals surface area (Å²) in [5.41, 5.74) is -1.22. The van der Waals surface area contributed by atoms with E-state index in [1.54, 1.807) is 6.08 Å². The van der Waals surface area contributed by atoms with Gasteiger partial charge in [0.25, 0.3) is 0 Å². The Balaban J connectivity index is 1.68. The van der Waals surface area contributed by atoms with Crippen LogP contribution in [0.2, 0.25) is 0 Å². The summed E-state index contributed by atoms with van der Waals surface area (Å²) in [7, 11) is 0. The number of aromatic hydroxyl groups is 1. The molecule has 7 rings (SSSR count). The van der Waals surface area contributed by atoms with E-state index >= 15 is 0 Å². The Morgan fingerprint density at radius 3 is 2.59 bits per heavy atom. The van der Waals surface area contributed by atoms with Crippen molar-refractivity contribution in [3.8, 4) is 17.2 Å². The van der Waals surface area contributed by atoms with Gasteiger partial charge in [-0.3, -0.25) is 9.59 Å². The van der Waals surface area contributed by atoms with Crippen molar-refractivity contribution in [2.45, 2.75) is 89.6 Å². The van der Waals surface area contributed by atoms with Gasteiger partial charge in [0.2, 0.25) is 0 Å². The van der Waals surface area contributed by atoms with Crippen molar-refractivity contribution in [3.63, 3.8) is 0 Å². The topological polar surface area (TPSA) is 82.1 Å². The third-order valence-electron chi connectivity index (χ3n) is 9.08. The highest BCUT2D eigenvalue weighted by Crippen LogP contribution is 2.69. The number of hydrogen-bond donors (Lipinski definition) is 1. The number of allylic oxidation sites excluding steroid dienone is 2. The van der Waals surface area contributed by atoms with Gasteiger partial charge in [-0.25, -0.2) is 0 Å². The molecule has 1 saturated carbocycles. The molecule has 180 valence electrons. The van der Waals surface area contributed by atoms with Crippen molar-refractivity contribution in [1.82, 2.24) is 0 Å². The van der Waals surface area contributed by atoms with Gasteiger partial charge in [-0.2, -0.15) is 0 Å². The minimum absolute atomic E-state index is 0.0208. The highest BCUT2D eigenvalue weighted by Gasteiger charge is 2.81. The fourth-order valence-electron chi connectivity index (χ4n) is 7.16. The summed E-state index contributed by atoms with van der Waals surface area (Å²) >= 11 is 0. The lowest BCUT2D eigenvalue weighted by molar-refractivity contribution is -0.171. The summed E-state index contributed by atoms with van der Waals surface area (Å²) in [6.45, 7) is 14.0. The van der Waals surface area contributed by atoms with Gasteiger partial charge in [-0.1, -0.05) is 31.6 Å². The standard InChI is InChI=1S/C28H32O6/c1-13(2)8-9-27-24(31)15-10-16-22(30)20-17(29)12-18-21(25(4,5)14(3)32-18)23(20)33-28(16,27)19(11-15)26(6,7)34-27/h8,10,12,14-15,19,29H,9,11H2,1-7H3/t14-,15+,19-,27+,28+/m0/s1. The van der Waals surface area contributed by atoms with Crippen molar-refractivity contribution in [1.29, 1.82) is 0 Å². The van der Waals surface area contributed by atoms with Crippen molar-refractivity contribution >= 4 is 11.6 Å². The van der Waals surface area contributed by atoms with Crippen LogP contribution in [0.5, 0.6) is 17.2 Å². The SMILES string of the molecule is CC(C)=CC[C@]12OC(C)(C)[C@@H]3C[C@@H](C=C4C(=O)c5c(O)cc6c(c5O[C@]431)C(C)(C)[C@H](C)O6)C2=O. The minimum atomic E-state index is -1.30. The fraction of sp³-hybridized carbons (Fsp3) is 0.571. The molecule has 2 fully saturated rings. The zero-order chi connectivity index (χ0) is 24.6. The van der Waals surface area contributed by atoms with Gasteiger partial charge in [-0.05, 0) is 41.0 Å². The number of carbonyl (C=O) groups excluding carboxylic acids is 2. The molecule has 3 heterocycles. The summed E-state index contributed by atoms with van der Waals surface area (Å²) < 4.78 is 19.8. The van der Waals surface area contributed by atoms with Crippen LogP contribution in [0.25, 0.3) is 0 Å². The molecule has 1 saturated heterocycles. The van der Waals surface area contributed by atoms with Crippen molar-refractivity contribution in [3.05, 3.63) is 40.5 Å². The lowest BCUT2D eigenvalue weighted by Crippen LogP contribution is -2.72. The van der Waals surface area contributed by atoms with Crippen LogP contribution in [0.15, 0.2) is 29.4 Å². The summed E-state index contributed by atoms with van der Waals surface area (Å²) in [4.78, 5) is 28.1. The first-order valence-electron chi connectivity index (χ1n) is 12.2. The molecule has 3 aliphatic carbocycles. The van der Waals surface area contributed by atoms with Gasteiger partial charge in [0.15, 0.2) is 22.8 Å². The van der Waals surface area contributed by atoms with Gasteiger partial charge in [0, 0.05) is 40.9 Å². The zero-order valence-corrected chi connectivity index (χ0v) is 20.9. The number of rotatable bonds is 2. The molecular weight excluding hydrogens is 432 g/mol. The molecule has 6 heteroatoms. The zero-order valence-electron chi connectivity index (χ0n) is 20.9. The van der Waals surface area contributed by atoms with Crippen LogP contribution in [0.4, 0.5) is 0 Å². The summed E-state index contributed by atoms with van der Waals surface area (Å²) in [5, 5.41) is 10.9. The molecule has 0 radical (unpaired) electrons. The molecule has 0 unspecified atom stereocenters. The maximum absolute atomic E-state index is 14.1. The summed E-state index contributed by atoms with van der Waals surface area (Å²) in [5.74, 6) is -0.182. The number of ether oxygens (including phenoxy) is 3. The number of carbonyl (C=O) groups is 2. The Bertz CT molecular complexity index is 1250. The smallest absolute Gasteiger partial charge is 0.200 e. The molecule has 0 amide bonds. The molecule has 3 aliphatic heterocycles. The van der Waals surface area contributed by atoms with Crippen LogP contribution < -0.4 is 9.47 Å². The second-order valence-corrected chi connectivity index (χ2v) is 12.0. The van der Waals surface area contributed by atoms with Gasteiger partial charge in [-0.15, -0.1) is 0 Å². The Hall–Kier alpha value is -2.60. The Morgan fingerprint density at radius 2 is 1.91 bits per heavy atom. The van der Waals surface area contributed by atoms with Crippen LogP contribution in [0.3, 0.4) is 0 Å². The number of fused-ring (bicyclic) bond motifs is 3. The Morgan fingerprint density at radius 1 is 1.21 bits per heavy atom. The molecule has 6 nitrogen and oxygen atoms in total. The molecule has 6 aliphatic rings. The van der Waals surface area contributed by atoms with E-state index in [0.717, 1.165) is 11.1 Å². The normalized spacial score (nSPS) is 37.3. The highest BCUT2D eigenvalue weighted by atomic mass is 16.6. The second-order valence-electron chi connectivity index (χ2n) is 12.0. The second kappa shape index (κ2) is 6.14. The Kier molecular flexibility index (Phi) is 3.96. The van der Waals surface area contributed by atoms with Crippen LogP contribution in [-0.4, -0.2) is 39.6 Å². The molecule has 4 bridgehead atoms. The van der Waals surface area contributed by atoms with Crippen molar-refractivity contribution < 1.29 is 28.9 Å². The minimum Gasteiger partial charge on any atom is -0.507 e. The van der Waals surface area contributed by atoms with E-state index in [1.807, 2.05) is 40.7 Å². The van der Waals surface area contributed by atoms with Gasteiger partial charge < -0.3 is 19.3 Å². The van der Waals surface area contributed by atoms with E-state index < -0.39 is 28.1 Å². The van der Waals surface area contributed by atoms with Crippen LogP contribution in [-0.2, 0) is 14.9 Å². The molecule has 34 heavy (non-hydrogen) atoms. The summed E-state index contributed by atoms with van der Waals surface area (Å²) in [6, 6.07) is 1.53. The van der Waals surface area contributed by atoms with Crippen molar-refractivity contribution in [2.75, 3.05) is 0 Å². The van der Waals surface area contributed by atoms with Gasteiger partial charge in [0.1, 0.15) is 28.9 Å². The van der Waals surface area contributed by atoms with Crippen LogP contribution in [0, 0.1) is 11.8 Å². The van der Waals surface area contributed by atoms with Crippen LogP contribution in [0.1, 0.15) is 77.2 Å². The number of phenolic OH excluding ortho intramolecular Hbond substituents is 1. The number of Topliss-reactive ketones (excluding diaryl/α,β-unsaturated/α-hetero) is 2. The first kappa shape index (κ1) is 21.9. The average molecular weight is 465 g/mol. The van der Waals surface area contributed by atoms with E-state index in [0.29, 0.717) is 29.9 Å². The molecule has 1 aromatic carbocycles. The maximum atomic E-state index is 14.1. The van der Waals surface area contributed by atoms with E-state index in [1.165, 1.54) is 6.07 Å². The molecule has 1 spiro atoms. The first-order valence-corrected chi connectivity index (χ1v) is 12.2. The van der Waals surface area contributed by atoms with E-state index in [9.17, 15) is 14.7 Å².